The van der Waals surface area contributed by atoms with Crippen molar-refractivity contribution < 1.29 is 4.74 Å². The fourth-order valence-electron chi connectivity index (χ4n) is 1.43. The number of anilines is 2. The molecule has 1 aromatic rings. The molecule has 0 saturated carbocycles. The zero-order valence-electron chi connectivity index (χ0n) is 7.74. The van der Waals surface area contributed by atoms with Crippen LogP contribution in [-0.4, -0.2) is 31.3 Å². The van der Waals surface area contributed by atoms with E-state index in [9.17, 15) is 0 Å². The molecular weight excluding hydrogens is 293 g/mol. The molecule has 1 aliphatic heterocycles. The fraction of sp³-hybridized carbons (Fsp3) is 0.444. The number of morpholine rings is 1. The molecule has 1 aliphatic rings. The molecule has 0 aromatic carbocycles. The van der Waals surface area contributed by atoms with Crippen molar-refractivity contribution in [3.05, 3.63) is 15.8 Å². The minimum Gasteiger partial charge on any atom is -0.383 e. The van der Waals surface area contributed by atoms with Gasteiger partial charge in [0.1, 0.15) is 5.82 Å². The number of nitrogen functional groups attached to an aromatic ring is 1. The van der Waals surface area contributed by atoms with E-state index in [4.69, 9.17) is 10.5 Å². The molecule has 14 heavy (non-hydrogen) atoms. The predicted molar refractivity (Wildman–Crippen MR) is 64.4 cm³/mol. The van der Waals surface area contributed by atoms with Crippen molar-refractivity contribution in [2.45, 2.75) is 0 Å². The molecule has 0 unspecified atom stereocenters. The summed E-state index contributed by atoms with van der Waals surface area (Å²) in [4.78, 5) is 6.40. The highest BCUT2D eigenvalue weighted by Gasteiger charge is 2.12. The first kappa shape index (κ1) is 9.97. The molecule has 0 bridgehead atoms. The Morgan fingerprint density at radius 1 is 1.43 bits per heavy atom. The van der Waals surface area contributed by atoms with Crippen LogP contribution in [0.25, 0.3) is 0 Å². The highest BCUT2D eigenvalue weighted by Crippen LogP contribution is 2.20. The van der Waals surface area contributed by atoms with Crippen LogP contribution in [0.3, 0.4) is 0 Å². The summed E-state index contributed by atoms with van der Waals surface area (Å²) >= 11 is 2.20. The SMILES string of the molecule is Nc1ncc(N2CCOCC2)cc1I. The first-order valence-corrected chi connectivity index (χ1v) is 5.59. The van der Waals surface area contributed by atoms with Crippen molar-refractivity contribution in [1.29, 1.82) is 0 Å². The molecule has 2 heterocycles. The average Bonchev–Trinajstić information content (AvgIpc) is 2.23. The van der Waals surface area contributed by atoms with E-state index in [1.54, 1.807) is 0 Å². The van der Waals surface area contributed by atoms with Crippen LogP contribution < -0.4 is 10.6 Å². The van der Waals surface area contributed by atoms with Gasteiger partial charge in [-0.3, -0.25) is 0 Å². The largest absolute Gasteiger partial charge is 0.383 e. The van der Waals surface area contributed by atoms with Gasteiger partial charge in [0, 0.05) is 13.1 Å². The van der Waals surface area contributed by atoms with E-state index in [1.165, 1.54) is 0 Å². The van der Waals surface area contributed by atoms with Crippen molar-refractivity contribution in [1.82, 2.24) is 4.98 Å². The third-order valence-corrected chi connectivity index (χ3v) is 3.10. The number of rotatable bonds is 1. The highest BCUT2D eigenvalue weighted by molar-refractivity contribution is 14.1. The quantitative estimate of drug-likeness (QED) is 0.790. The van der Waals surface area contributed by atoms with Gasteiger partial charge in [-0.05, 0) is 28.7 Å². The van der Waals surface area contributed by atoms with Crippen molar-refractivity contribution in [2.24, 2.45) is 0 Å². The minimum absolute atomic E-state index is 0.600. The zero-order valence-corrected chi connectivity index (χ0v) is 9.90. The van der Waals surface area contributed by atoms with Gasteiger partial charge in [0.25, 0.3) is 0 Å². The molecule has 1 saturated heterocycles. The number of ether oxygens (including phenoxy) is 1. The number of hydrogen-bond donors (Lipinski definition) is 1. The van der Waals surface area contributed by atoms with E-state index in [-0.39, 0.29) is 0 Å². The number of aromatic nitrogens is 1. The van der Waals surface area contributed by atoms with Gasteiger partial charge in [-0.1, -0.05) is 0 Å². The molecule has 1 fully saturated rings. The second kappa shape index (κ2) is 4.31. The van der Waals surface area contributed by atoms with Crippen LogP contribution in [0.2, 0.25) is 0 Å². The van der Waals surface area contributed by atoms with Gasteiger partial charge in [-0.15, -0.1) is 0 Å². The van der Waals surface area contributed by atoms with Gasteiger partial charge < -0.3 is 15.4 Å². The minimum atomic E-state index is 0.600. The Morgan fingerprint density at radius 3 is 2.79 bits per heavy atom. The van der Waals surface area contributed by atoms with E-state index >= 15 is 0 Å². The van der Waals surface area contributed by atoms with E-state index in [0.717, 1.165) is 35.6 Å². The van der Waals surface area contributed by atoms with Gasteiger partial charge in [0.2, 0.25) is 0 Å². The predicted octanol–water partition coefficient (Wildman–Crippen LogP) is 1.10. The number of hydrogen-bond acceptors (Lipinski definition) is 4. The monoisotopic (exact) mass is 305 g/mol. The third kappa shape index (κ3) is 2.09. The Kier molecular flexibility index (Phi) is 3.07. The van der Waals surface area contributed by atoms with Crippen LogP contribution in [0.4, 0.5) is 11.5 Å². The molecule has 0 amide bonds. The van der Waals surface area contributed by atoms with Gasteiger partial charge in [-0.2, -0.15) is 0 Å². The van der Waals surface area contributed by atoms with Gasteiger partial charge in [-0.25, -0.2) is 4.98 Å². The second-order valence-electron chi connectivity index (χ2n) is 3.16. The number of halogens is 1. The lowest BCUT2D eigenvalue weighted by Gasteiger charge is -2.28. The Morgan fingerprint density at radius 2 is 2.14 bits per heavy atom. The Balaban J connectivity index is 2.18. The molecule has 0 aliphatic carbocycles. The molecule has 0 atom stereocenters. The van der Waals surface area contributed by atoms with Crippen LogP contribution >= 0.6 is 22.6 Å². The number of nitrogens with zero attached hydrogens (tertiary/aromatic N) is 2. The van der Waals surface area contributed by atoms with E-state index < -0.39 is 0 Å². The van der Waals surface area contributed by atoms with Crippen LogP contribution in [0.15, 0.2) is 12.3 Å². The van der Waals surface area contributed by atoms with Crippen molar-refractivity contribution in [3.63, 3.8) is 0 Å². The zero-order chi connectivity index (χ0) is 9.97. The highest BCUT2D eigenvalue weighted by atomic mass is 127. The lowest BCUT2D eigenvalue weighted by atomic mass is 10.3. The van der Waals surface area contributed by atoms with Crippen molar-refractivity contribution in [2.75, 3.05) is 36.9 Å². The third-order valence-electron chi connectivity index (χ3n) is 2.23. The fourth-order valence-corrected chi connectivity index (χ4v) is 1.89. The van der Waals surface area contributed by atoms with E-state index in [1.807, 2.05) is 6.20 Å². The lowest BCUT2D eigenvalue weighted by molar-refractivity contribution is 0.122. The van der Waals surface area contributed by atoms with E-state index in [2.05, 4.69) is 38.5 Å². The van der Waals surface area contributed by atoms with Crippen molar-refractivity contribution >= 4 is 34.1 Å². The topological polar surface area (TPSA) is 51.4 Å². The summed E-state index contributed by atoms with van der Waals surface area (Å²) in [7, 11) is 0. The molecule has 5 heteroatoms. The standard InChI is InChI=1S/C9H12IN3O/c10-8-5-7(6-12-9(8)11)13-1-3-14-4-2-13/h5-6H,1-4H2,(H2,11,12). The first-order valence-electron chi connectivity index (χ1n) is 4.51. The number of nitrogens with two attached hydrogens (primary N) is 1. The number of pyridine rings is 1. The van der Waals surface area contributed by atoms with Crippen LogP contribution in [0, 0.1) is 3.57 Å². The second-order valence-corrected chi connectivity index (χ2v) is 4.32. The normalized spacial score (nSPS) is 17.1. The molecular formula is C9H12IN3O. The van der Waals surface area contributed by atoms with Crippen LogP contribution in [-0.2, 0) is 4.74 Å². The molecule has 1 aromatic heterocycles. The summed E-state index contributed by atoms with van der Waals surface area (Å²) in [5.74, 6) is 0.600. The first-order chi connectivity index (χ1) is 6.77. The molecule has 4 nitrogen and oxygen atoms in total. The van der Waals surface area contributed by atoms with Crippen molar-refractivity contribution in [3.8, 4) is 0 Å². The van der Waals surface area contributed by atoms with Gasteiger partial charge in [0.05, 0.1) is 28.7 Å². The van der Waals surface area contributed by atoms with E-state index in [0.29, 0.717) is 5.82 Å². The summed E-state index contributed by atoms with van der Waals surface area (Å²) in [5.41, 5.74) is 6.79. The maximum absolute atomic E-state index is 5.66. The molecule has 2 N–H and O–H groups in total. The average molecular weight is 305 g/mol. The molecule has 76 valence electrons. The van der Waals surface area contributed by atoms with Crippen LogP contribution in [0.5, 0.6) is 0 Å². The van der Waals surface area contributed by atoms with Crippen LogP contribution in [0.1, 0.15) is 0 Å². The Labute approximate surface area is 96.6 Å². The lowest BCUT2D eigenvalue weighted by Crippen LogP contribution is -2.36. The molecule has 2 rings (SSSR count). The summed E-state index contributed by atoms with van der Waals surface area (Å²) in [5, 5.41) is 0. The Bertz CT molecular complexity index is 326. The summed E-state index contributed by atoms with van der Waals surface area (Å²) < 4.78 is 6.29. The smallest absolute Gasteiger partial charge is 0.136 e. The molecule has 0 spiro atoms. The summed E-state index contributed by atoms with van der Waals surface area (Å²) in [6.45, 7) is 3.45. The van der Waals surface area contributed by atoms with Gasteiger partial charge in [0.15, 0.2) is 0 Å². The van der Waals surface area contributed by atoms with Gasteiger partial charge >= 0.3 is 0 Å². The molecule has 0 radical (unpaired) electrons. The maximum Gasteiger partial charge on any atom is 0.136 e. The summed E-state index contributed by atoms with van der Waals surface area (Å²) in [6, 6.07) is 2.06. The summed E-state index contributed by atoms with van der Waals surface area (Å²) in [6.07, 6.45) is 1.82. The Hall–Kier alpha value is -0.560. The maximum atomic E-state index is 5.66.